The lowest BCUT2D eigenvalue weighted by Crippen LogP contribution is -2.32. The van der Waals surface area contributed by atoms with E-state index in [1.165, 1.54) is 38.0 Å². The summed E-state index contributed by atoms with van der Waals surface area (Å²) in [4.78, 5) is 23.4. The molecular weight excluding hydrogens is 314 g/mol. The van der Waals surface area contributed by atoms with E-state index >= 15 is 0 Å². The SMILES string of the molecule is CC(=O)c1cccc(S(=O)(=O)NC(=O)C[C@H]2C[C@H]3CC[C@H]2C3)c1. The lowest BCUT2D eigenvalue weighted by atomic mass is 9.86. The second-order valence-electron chi connectivity index (χ2n) is 6.75. The van der Waals surface area contributed by atoms with Gasteiger partial charge in [-0.15, -0.1) is 0 Å². The third-order valence-corrected chi connectivity index (χ3v) is 6.50. The molecule has 2 aliphatic carbocycles. The van der Waals surface area contributed by atoms with E-state index < -0.39 is 15.9 Å². The minimum Gasteiger partial charge on any atom is -0.295 e. The first-order chi connectivity index (χ1) is 10.8. The number of carbonyl (C=O) groups excluding carboxylic acids is 2. The van der Waals surface area contributed by atoms with Crippen molar-refractivity contribution in [2.75, 3.05) is 0 Å². The van der Waals surface area contributed by atoms with Gasteiger partial charge in [-0.2, -0.15) is 0 Å². The Morgan fingerprint density at radius 3 is 2.61 bits per heavy atom. The van der Waals surface area contributed by atoms with Crippen molar-refractivity contribution in [3.63, 3.8) is 0 Å². The quantitative estimate of drug-likeness (QED) is 0.839. The predicted molar refractivity (Wildman–Crippen MR) is 85.3 cm³/mol. The molecule has 2 saturated carbocycles. The molecule has 2 fully saturated rings. The van der Waals surface area contributed by atoms with Crippen molar-refractivity contribution in [2.45, 2.75) is 43.9 Å². The molecule has 2 bridgehead atoms. The summed E-state index contributed by atoms with van der Waals surface area (Å²) in [6.07, 6.45) is 4.91. The summed E-state index contributed by atoms with van der Waals surface area (Å²) in [6.45, 7) is 1.37. The van der Waals surface area contributed by atoms with Crippen LogP contribution in [0.3, 0.4) is 0 Å². The number of rotatable bonds is 5. The van der Waals surface area contributed by atoms with Gasteiger partial charge in [-0.25, -0.2) is 13.1 Å². The minimum absolute atomic E-state index is 0.0495. The molecule has 1 aromatic rings. The van der Waals surface area contributed by atoms with E-state index in [2.05, 4.69) is 4.72 Å². The van der Waals surface area contributed by atoms with Crippen LogP contribution in [0.2, 0.25) is 0 Å². The molecule has 1 N–H and O–H groups in total. The standard InChI is InChI=1S/C17H21NO4S/c1-11(19)13-3-2-4-16(9-13)23(21,22)18-17(20)10-15-8-12-5-6-14(15)7-12/h2-4,9,12,14-15H,5-8,10H2,1H3,(H,18,20)/t12-,14-,15+/m0/s1. The minimum atomic E-state index is -3.92. The molecule has 0 radical (unpaired) electrons. The molecule has 5 nitrogen and oxygen atoms in total. The number of fused-ring (bicyclic) bond motifs is 2. The Hall–Kier alpha value is -1.69. The predicted octanol–water partition coefficient (Wildman–Crippen LogP) is 2.52. The van der Waals surface area contributed by atoms with E-state index in [4.69, 9.17) is 0 Å². The average molecular weight is 335 g/mol. The third-order valence-electron chi connectivity index (χ3n) is 5.13. The lowest BCUT2D eigenvalue weighted by molar-refractivity contribution is -0.120. The first kappa shape index (κ1) is 16.2. The summed E-state index contributed by atoms with van der Waals surface area (Å²) >= 11 is 0. The smallest absolute Gasteiger partial charge is 0.264 e. The fourth-order valence-corrected chi connectivity index (χ4v) is 5.04. The van der Waals surface area contributed by atoms with Crippen molar-refractivity contribution < 1.29 is 18.0 Å². The highest BCUT2D eigenvalue weighted by Crippen LogP contribution is 2.49. The fraction of sp³-hybridized carbons (Fsp3) is 0.529. The zero-order valence-electron chi connectivity index (χ0n) is 13.1. The Morgan fingerprint density at radius 1 is 1.22 bits per heavy atom. The van der Waals surface area contributed by atoms with Crippen molar-refractivity contribution in [3.8, 4) is 0 Å². The third kappa shape index (κ3) is 3.47. The molecule has 0 heterocycles. The van der Waals surface area contributed by atoms with Crippen molar-refractivity contribution in [2.24, 2.45) is 17.8 Å². The highest BCUT2D eigenvalue weighted by atomic mass is 32.2. The van der Waals surface area contributed by atoms with Gasteiger partial charge in [0.15, 0.2) is 5.78 Å². The molecule has 1 aromatic carbocycles. The Morgan fingerprint density at radius 2 is 2.00 bits per heavy atom. The van der Waals surface area contributed by atoms with Gasteiger partial charge < -0.3 is 0 Å². The van der Waals surface area contributed by atoms with Crippen LogP contribution in [0, 0.1) is 17.8 Å². The molecule has 6 heteroatoms. The van der Waals surface area contributed by atoms with Crippen molar-refractivity contribution in [3.05, 3.63) is 29.8 Å². The summed E-state index contributed by atoms with van der Waals surface area (Å²) in [7, 11) is -3.92. The Balaban J connectivity index is 1.67. The van der Waals surface area contributed by atoms with Gasteiger partial charge in [-0.3, -0.25) is 9.59 Å². The highest BCUT2D eigenvalue weighted by Gasteiger charge is 2.40. The van der Waals surface area contributed by atoms with E-state index in [9.17, 15) is 18.0 Å². The van der Waals surface area contributed by atoms with Crippen molar-refractivity contribution >= 4 is 21.7 Å². The number of nitrogens with one attached hydrogen (secondary N) is 1. The molecule has 0 aliphatic heterocycles. The van der Waals surface area contributed by atoms with Gasteiger partial charge in [0, 0.05) is 12.0 Å². The number of sulfonamides is 1. The van der Waals surface area contributed by atoms with E-state index in [1.807, 2.05) is 0 Å². The Bertz CT molecular complexity index is 741. The molecule has 3 atom stereocenters. The summed E-state index contributed by atoms with van der Waals surface area (Å²) < 4.78 is 26.8. The number of hydrogen-bond acceptors (Lipinski definition) is 4. The molecular formula is C17H21NO4S. The Kier molecular flexibility index (Phi) is 4.27. The average Bonchev–Trinajstić information content (AvgIpc) is 3.09. The van der Waals surface area contributed by atoms with Gasteiger partial charge in [0.05, 0.1) is 4.90 Å². The molecule has 124 valence electrons. The molecule has 3 rings (SSSR count). The monoisotopic (exact) mass is 335 g/mol. The molecule has 0 aromatic heterocycles. The number of benzene rings is 1. The number of ketones is 1. The Labute approximate surface area is 136 Å². The normalized spacial score (nSPS) is 26.2. The second kappa shape index (κ2) is 6.07. The van der Waals surface area contributed by atoms with Crippen molar-refractivity contribution in [1.82, 2.24) is 4.72 Å². The summed E-state index contributed by atoms with van der Waals surface area (Å²) in [6, 6.07) is 5.75. The maximum Gasteiger partial charge on any atom is 0.264 e. The van der Waals surface area contributed by atoms with Gasteiger partial charge in [0.25, 0.3) is 10.0 Å². The topological polar surface area (TPSA) is 80.3 Å². The van der Waals surface area contributed by atoms with Crippen molar-refractivity contribution in [1.29, 1.82) is 0 Å². The van der Waals surface area contributed by atoms with Crippen LogP contribution in [0.15, 0.2) is 29.2 Å². The molecule has 23 heavy (non-hydrogen) atoms. The van der Waals surface area contributed by atoms with Crippen LogP contribution in [0.4, 0.5) is 0 Å². The highest BCUT2D eigenvalue weighted by molar-refractivity contribution is 7.90. The molecule has 1 amide bonds. The number of carbonyl (C=O) groups is 2. The van der Waals surface area contributed by atoms with E-state index in [-0.39, 0.29) is 17.1 Å². The molecule has 2 aliphatic rings. The van der Waals surface area contributed by atoms with Gasteiger partial charge in [-0.1, -0.05) is 18.6 Å². The first-order valence-corrected chi connectivity index (χ1v) is 9.50. The van der Waals surface area contributed by atoms with Crippen LogP contribution < -0.4 is 4.72 Å². The van der Waals surface area contributed by atoms with Crippen LogP contribution in [0.1, 0.15) is 49.4 Å². The molecule has 0 spiro atoms. The van der Waals surface area contributed by atoms with E-state index in [1.54, 1.807) is 6.07 Å². The zero-order valence-corrected chi connectivity index (χ0v) is 13.9. The van der Waals surface area contributed by atoms with Gasteiger partial charge in [-0.05, 0) is 56.1 Å². The van der Waals surface area contributed by atoms with Crippen LogP contribution in [-0.4, -0.2) is 20.1 Å². The summed E-state index contributed by atoms with van der Waals surface area (Å²) in [5, 5.41) is 0. The largest absolute Gasteiger partial charge is 0.295 e. The second-order valence-corrected chi connectivity index (χ2v) is 8.43. The van der Waals surface area contributed by atoms with E-state index in [0.29, 0.717) is 17.4 Å². The number of Topliss-reactive ketones (excluding diaryl/α,β-unsaturated/α-hetero) is 1. The first-order valence-electron chi connectivity index (χ1n) is 8.02. The maximum atomic E-state index is 12.3. The van der Waals surface area contributed by atoms with Crippen LogP contribution in [-0.2, 0) is 14.8 Å². The van der Waals surface area contributed by atoms with Crippen LogP contribution in [0.25, 0.3) is 0 Å². The zero-order chi connectivity index (χ0) is 16.6. The lowest BCUT2D eigenvalue weighted by Gasteiger charge is -2.20. The van der Waals surface area contributed by atoms with Crippen LogP contribution in [0.5, 0.6) is 0 Å². The number of hydrogen-bond donors (Lipinski definition) is 1. The summed E-state index contributed by atoms with van der Waals surface area (Å²) in [5.41, 5.74) is 0.313. The van der Waals surface area contributed by atoms with Crippen LogP contribution >= 0.6 is 0 Å². The number of amides is 1. The van der Waals surface area contributed by atoms with Gasteiger partial charge >= 0.3 is 0 Å². The van der Waals surface area contributed by atoms with Gasteiger partial charge in [0.1, 0.15) is 0 Å². The molecule has 0 unspecified atom stereocenters. The van der Waals surface area contributed by atoms with E-state index in [0.717, 1.165) is 18.8 Å². The van der Waals surface area contributed by atoms with Gasteiger partial charge in [0.2, 0.25) is 5.91 Å². The fourth-order valence-electron chi connectivity index (χ4n) is 4.00. The molecule has 0 saturated heterocycles. The summed E-state index contributed by atoms with van der Waals surface area (Å²) in [5.74, 6) is 0.954. The maximum absolute atomic E-state index is 12.3.